The first-order valence-electron chi connectivity index (χ1n) is 9.72. The SMILES string of the molecule is O=C(NCC1C(=O)c2cc(Cl)cc(Br)c2OC1c1ccccc1)OCc1ccccc1. The van der Waals surface area contributed by atoms with Gasteiger partial charge in [-0.1, -0.05) is 72.3 Å². The highest BCUT2D eigenvalue weighted by atomic mass is 79.9. The van der Waals surface area contributed by atoms with E-state index >= 15 is 0 Å². The van der Waals surface area contributed by atoms with E-state index in [1.807, 2.05) is 60.7 Å². The van der Waals surface area contributed by atoms with E-state index in [9.17, 15) is 9.59 Å². The van der Waals surface area contributed by atoms with Crippen molar-refractivity contribution < 1.29 is 19.1 Å². The second-order valence-electron chi connectivity index (χ2n) is 7.13. The number of halogens is 2. The van der Waals surface area contributed by atoms with E-state index in [0.717, 1.165) is 11.1 Å². The van der Waals surface area contributed by atoms with Crippen molar-refractivity contribution >= 4 is 39.4 Å². The van der Waals surface area contributed by atoms with Crippen LogP contribution in [-0.4, -0.2) is 18.4 Å². The van der Waals surface area contributed by atoms with Gasteiger partial charge in [0, 0.05) is 11.6 Å². The molecule has 2 unspecified atom stereocenters. The molecule has 2 atom stereocenters. The van der Waals surface area contributed by atoms with Gasteiger partial charge < -0.3 is 14.8 Å². The highest BCUT2D eigenvalue weighted by molar-refractivity contribution is 9.10. The van der Waals surface area contributed by atoms with Crippen molar-refractivity contribution in [1.82, 2.24) is 5.32 Å². The van der Waals surface area contributed by atoms with Gasteiger partial charge in [0.05, 0.1) is 16.0 Å². The molecule has 1 N–H and O–H groups in total. The fourth-order valence-corrected chi connectivity index (χ4v) is 4.42. The number of ketones is 1. The Morgan fingerprint density at radius 2 is 1.74 bits per heavy atom. The minimum Gasteiger partial charge on any atom is -0.483 e. The van der Waals surface area contributed by atoms with Crippen LogP contribution in [0.5, 0.6) is 5.75 Å². The maximum atomic E-state index is 13.3. The van der Waals surface area contributed by atoms with E-state index in [-0.39, 0.29) is 18.9 Å². The summed E-state index contributed by atoms with van der Waals surface area (Å²) in [4.78, 5) is 25.6. The molecule has 31 heavy (non-hydrogen) atoms. The summed E-state index contributed by atoms with van der Waals surface area (Å²) in [5.41, 5.74) is 2.11. The lowest BCUT2D eigenvalue weighted by Gasteiger charge is -2.33. The molecule has 158 valence electrons. The van der Waals surface area contributed by atoms with Crippen molar-refractivity contribution in [1.29, 1.82) is 0 Å². The van der Waals surface area contributed by atoms with E-state index in [4.69, 9.17) is 21.1 Å². The molecule has 3 aromatic carbocycles. The number of benzene rings is 3. The molecule has 0 aliphatic carbocycles. The molecule has 0 bridgehead atoms. The highest BCUT2D eigenvalue weighted by Gasteiger charge is 2.39. The summed E-state index contributed by atoms with van der Waals surface area (Å²) >= 11 is 9.58. The fraction of sp³-hybridized carbons (Fsp3) is 0.167. The zero-order chi connectivity index (χ0) is 21.8. The Labute approximate surface area is 193 Å². The van der Waals surface area contributed by atoms with E-state index in [1.165, 1.54) is 0 Å². The van der Waals surface area contributed by atoms with Gasteiger partial charge in [-0.25, -0.2) is 4.79 Å². The maximum Gasteiger partial charge on any atom is 0.407 e. The molecule has 0 radical (unpaired) electrons. The van der Waals surface area contributed by atoms with Gasteiger partial charge in [0.2, 0.25) is 0 Å². The summed E-state index contributed by atoms with van der Waals surface area (Å²) in [5, 5.41) is 3.13. The third kappa shape index (κ3) is 4.92. The van der Waals surface area contributed by atoms with Gasteiger partial charge in [0.25, 0.3) is 0 Å². The molecule has 1 aliphatic heterocycles. The average Bonchev–Trinajstić information content (AvgIpc) is 2.78. The number of amides is 1. The zero-order valence-corrected chi connectivity index (χ0v) is 18.7. The molecular weight excluding hydrogens is 482 g/mol. The molecule has 5 nitrogen and oxygen atoms in total. The topological polar surface area (TPSA) is 64.6 Å². The Kier molecular flexibility index (Phi) is 6.59. The maximum absolute atomic E-state index is 13.3. The molecule has 4 rings (SSSR count). The minimum atomic E-state index is -0.635. The van der Waals surface area contributed by atoms with Gasteiger partial charge >= 0.3 is 6.09 Å². The first-order valence-corrected chi connectivity index (χ1v) is 10.9. The molecule has 7 heteroatoms. The number of hydrogen-bond donors (Lipinski definition) is 1. The Hall–Kier alpha value is -2.83. The third-order valence-electron chi connectivity index (χ3n) is 5.03. The summed E-state index contributed by atoms with van der Waals surface area (Å²) in [6.07, 6.45) is -1.16. The Morgan fingerprint density at radius 1 is 1.06 bits per heavy atom. The molecule has 3 aromatic rings. The number of carbonyl (C=O) groups is 2. The predicted octanol–water partition coefficient (Wildman–Crippen LogP) is 5.96. The summed E-state index contributed by atoms with van der Waals surface area (Å²) < 4.78 is 12.1. The molecule has 0 saturated carbocycles. The average molecular weight is 501 g/mol. The van der Waals surface area contributed by atoms with Crippen LogP contribution in [0.15, 0.2) is 77.3 Å². The quantitative estimate of drug-likeness (QED) is 0.469. The largest absolute Gasteiger partial charge is 0.483 e. The van der Waals surface area contributed by atoms with Crippen molar-refractivity contribution in [2.75, 3.05) is 6.54 Å². The molecule has 0 saturated heterocycles. The molecule has 0 aromatic heterocycles. The predicted molar refractivity (Wildman–Crippen MR) is 121 cm³/mol. The van der Waals surface area contributed by atoms with Gasteiger partial charge in [-0.2, -0.15) is 0 Å². The Bertz CT molecular complexity index is 1090. The zero-order valence-electron chi connectivity index (χ0n) is 16.4. The number of alkyl carbamates (subject to hydrolysis) is 1. The monoisotopic (exact) mass is 499 g/mol. The number of Topliss-reactive ketones (excluding diaryl/α,β-unsaturated/α-hetero) is 1. The summed E-state index contributed by atoms with van der Waals surface area (Å²) in [6.45, 7) is 0.213. The lowest BCUT2D eigenvalue weighted by Crippen LogP contribution is -2.40. The number of ether oxygens (including phenoxy) is 2. The van der Waals surface area contributed by atoms with Crippen molar-refractivity contribution in [3.8, 4) is 5.75 Å². The van der Waals surface area contributed by atoms with Gasteiger partial charge in [0.1, 0.15) is 18.5 Å². The minimum absolute atomic E-state index is 0.0651. The molecule has 0 spiro atoms. The Balaban J connectivity index is 1.53. The van der Waals surface area contributed by atoms with Crippen molar-refractivity contribution in [3.63, 3.8) is 0 Å². The van der Waals surface area contributed by atoms with Crippen LogP contribution in [0, 0.1) is 5.92 Å². The van der Waals surface area contributed by atoms with E-state index < -0.39 is 18.1 Å². The number of rotatable bonds is 5. The first-order chi connectivity index (χ1) is 15.0. The van der Waals surface area contributed by atoms with Crippen molar-refractivity contribution in [2.24, 2.45) is 5.92 Å². The van der Waals surface area contributed by atoms with Crippen LogP contribution in [0.1, 0.15) is 27.6 Å². The van der Waals surface area contributed by atoms with Gasteiger partial charge in [-0.3, -0.25) is 4.79 Å². The number of carbonyl (C=O) groups excluding carboxylic acids is 2. The van der Waals surface area contributed by atoms with Crippen molar-refractivity contribution in [2.45, 2.75) is 12.7 Å². The number of nitrogens with one attached hydrogen (secondary N) is 1. The normalized spacial score (nSPS) is 17.4. The van der Waals surface area contributed by atoms with Crippen molar-refractivity contribution in [3.05, 3.63) is 99.0 Å². The van der Waals surface area contributed by atoms with E-state index in [1.54, 1.807) is 12.1 Å². The second-order valence-corrected chi connectivity index (χ2v) is 8.42. The van der Waals surface area contributed by atoms with Crippen LogP contribution in [0.2, 0.25) is 5.02 Å². The highest BCUT2D eigenvalue weighted by Crippen LogP contribution is 2.43. The van der Waals surface area contributed by atoms with Crippen LogP contribution < -0.4 is 10.1 Å². The Morgan fingerprint density at radius 3 is 2.45 bits per heavy atom. The van der Waals surface area contributed by atoms with Crippen LogP contribution in [0.25, 0.3) is 0 Å². The molecule has 1 aliphatic rings. The lowest BCUT2D eigenvalue weighted by molar-refractivity contribution is 0.0645. The molecule has 1 amide bonds. The van der Waals surface area contributed by atoms with E-state index in [2.05, 4.69) is 21.2 Å². The number of hydrogen-bond acceptors (Lipinski definition) is 4. The fourth-order valence-electron chi connectivity index (χ4n) is 3.52. The third-order valence-corrected chi connectivity index (χ3v) is 5.84. The summed E-state index contributed by atoms with van der Waals surface area (Å²) in [5.74, 6) is -0.336. The number of fused-ring (bicyclic) bond motifs is 1. The van der Waals surface area contributed by atoms with Gasteiger partial charge in [0.15, 0.2) is 5.78 Å². The first kappa shape index (κ1) is 21.4. The van der Waals surface area contributed by atoms with Crippen LogP contribution >= 0.6 is 27.5 Å². The standard InChI is InChI=1S/C24H19BrClNO4/c25-20-12-17(26)11-18-21(28)19(22(31-23(18)20)16-9-5-2-6-10-16)13-27-24(29)30-14-15-7-3-1-4-8-15/h1-12,19,22H,13-14H2,(H,27,29). The van der Waals surface area contributed by atoms with Gasteiger partial charge in [-0.15, -0.1) is 0 Å². The molecular formula is C24H19BrClNO4. The summed E-state index contributed by atoms with van der Waals surface area (Å²) in [7, 11) is 0. The van der Waals surface area contributed by atoms with Crippen LogP contribution in [0.3, 0.4) is 0 Å². The van der Waals surface area contributed by atoms with Crippen LogP contribution in [-0.2, 0) is 11.3 Å². The smallest absolute Gasteiger partial charge is 0.407 e. The van der Waals surface area contributed by atoms with Gasteiger partial charge in [-0.05, 0) is 39.2 Å². The summed E-state index contributed by atoms with van der Waals surface area (Å²) in [6, 6.07) is 22.1. The molecule has 0 fully saturated rings. The van der Waals surface area contributed by atoms with E-state index in [0.29, 0.717) is 20.8 Å². The van der Waals surface area contributed by atoms with Crippen LogP contribution in [0.4, 0.5) is 4.79 Å². The molecule has 1 heterocycles. The second kappa shape index (κ2) is 9.54. The lowest BCUT2D eigenvalue weighted by atomic mass is 9.85.